The third-order valence-electron chi connectivity index (χ3n) is 2.77. The molecule has 6 nitrogen and oxygen atoms in total. The van der Waals surface area contributed by atoms with Crippen LogP contribution in [0.5, 0.6) is 0 Å². The van der Waals surface area contributed by atoms with E-state index in [0.717, 1.165) is 11.4 Å². The number of nitrogen functional groups attached to an aromatic ring is 1. The highest BCUT2D eigenvalue weighted by atomic mass is 16.1. The summed E-state index contributed by atoms with van der Waals surface area (Å²) in [7, 11) is 3.46. The monoisotopic (exact) mass is 259 g/mol. The Kier molecular flexibility index (Phi) is 3.70. The van der Waals surface area contributed by atoms with Crippen molar-refractivity contribution in [3.05, 3.63) is 41.7 Å². The van der Waals surface area contributed by atoms with Gasteiger partial charge in [0.05, 0.1) is 23.6 Å². The van der Waals surface area contributed by atoms with Crippen LogP contribution in [-0.2, 0) is 13.6 Å². The summed E-state index contributed by atoms with van der Waals surface area (Å²) in [6.45, 7) is 0.588. The van der Waals surface area contributed by atoms with E-state index in [-0.39, 0.29) is 5.91 Å². The van der Waals surface area contributed by atoms with E-state index in [4.69, 9.17) is 5.73 Å². The van der Waals surface area contributed by atoms with E-state index in [1.807, 2.05) is 19.3 Å². The first kappa shape index (κ1) is 12.9. The highest BCUT2D eigenvalue weighted by Crippen LogP contribution is 2.20. The first-order valence-corrected chi connectivity index (χ1v) is 5.94. The van der Waals surface area contributed by atoms with Crippen molar-refractivity contribution in [2.75, 3.05) is 18.1 Å². The van der Waals surface area contributed by atoms with Crippen LogP contribution in [0.15, 0.2) is 30.5 Å². The molecule has 0 saturated carbocycles. The number of nitrogens with zero attached hydrogens (tertiary/aromatic N) is 2. The molecular formula is C13H17N5O. The maximum absolute atomic E-state index is 11.5. The van der Waals surface area contributed by atoms with Gasteiger partial charge in [0.1, 0.15) is 0 Å². The topological polar surface area (TPSA) is 85.0 Å². The Balaban J connectivity index is 2.07. The van der Waals surface area contributed by atoms with Gasteiger partial charge in [-0.3, -0.25) is 9.48 Å². The number of rotatable bonds is 4. The van der Waals surface area contributed by atoms with Gasteiger partial charge in [0.2, 0.25) is 0 Å². The van der Waals surface area contributed by atoms with Crippen LogP contribution in [0.4, 0.5) is 11.4 Å². The van der Waals surface area contributed by atoms with E-state index in [2.05, 4.69) is 15.7 Å². The number of carbonyl (C=O) groups is 1. The zero-order valence-corrected chi connectivity index (χ0v) is 11.0. The number of nitrogens with one attached hydrogen (secondary N) is 2. The molecule has 100 valence electrons. The predicted octanol–water partition coefficient (Wildman–Crippen LogP) is 0.974. The summed E-state index contributed by atoms with van der Waals surface area (Å²) >= 11 is 0. The van der Waals surface area contributed by atoms with Crippen molar-refractivity contribution in [1.82, 2.24) is 15.1 Å². The summed E-state index contributed by atoms with van der Waals surface area (Å²) in [5, 5.41) is 10.0. The molecule has 1 amide bonds. The van der Waals surface area contributed by atoms with Crippen molar-refractivity contribution < 1.29 is 4.79 Å². The van der Waals surface area contributed by atoms with Gasteiger partial charge in [0.25, 0.3) is 5.91 Å². The molecule has 0 spiro atoms. The second-order valence-electron chi connectivity index (χ2n) is 4.22. The Morgan fingerprint density at radius 1 is 1.42 bits per heavy atom. The lowest BCUT2D eigenvalue weighted by molar-refractivity contribution is 0.0963. The molecule has 1 aromatic heterocycles. The fourth-order valence-corrected chi connectivity index (χ4v) is 1.75. The second-order valence-corrected chi connectivity index (χ2v) is 4.22. The number of aromatic nitrogens is 2. The Morgan fingerprint density at radius 2 is 2.21 bits per heavy atom. The normalized spacial score (nSPS) is 10.2. The van der Waals surface area contributed by atoms with Gasteiger partial charge in [-0.2, -0.15) is 5.10 Å². The first-order chi connectivity index (χ1) is 9.10. The molecule has 0 aliphatic carbocycles. The van der Waals surface area contributed by atoms with E-state index in [1.165, 1.54) is 0 Å². The van der Waals surface area contributed by atoms with Gasteiger partial charge in [-0.1, -0.05) is 0 Å². The molecule has 0 radical (unpaired) electrons. The summed E-state index contributed by atoms with van der Waals surface area (Å²) in [5.41, 5.74) is 8.72. The standard InChI is InChI=1S/C13H17N5O/c1-15-13(19)9-3-4-12(11(14)7-9)16-8-10-5-6-18(2)17-10/h3-7,16H,8,14H2,1-2H3,(H,15,19). The minimum Gasteiger partial charge on any atom is -0.397 e. The van der Waals surface area contributed by atoms with E-state index in [0.29, 0.717) is 17.8 Å². The van der Waals surface area contributed by atoms with E-state index >= 15 is 0 Å². The maximum atomic E-state index is 11.5. The zero-order chi connectivity index (χ0) is 13.8. The van der Waals surface area contributed by atoms with Gasteiger partial charge in [-0.15, -0.1) is 0 Å². The average molecular weight is 259 g/mol. The SMILES string of the molecule is CNC(=O)c1ccc(NCc2ccn(C)n2)c(N)c1. The van der Waals surface area contributed by atoms with Crippen molar-refractivity contribution in [2.45, 2.75) is 6.54 Å². The van der Waals surface area contributed by atoms with Crippen molar-refractivity contribution in [2.24, 2.45) is 7.05 Å². The van der Waals surface area contributed by atoms with E-state index in [9.17, 15) is 4.79 Å². The third-order valence-corrected chi connectivity index (χ3v) is 2.77. The molecule has 0 bridgehead atoms. The first-order valence-electron chi connectivity index (χ1n) is 5.94. The minimum atomic E-state index is -0.150. The average Bonchev–Trinajstić information content (AvgIpc) is 2.82. The molecule has 6 heteroatoms. The number of hydrogen-bond donors (Lipinski definition) is 3. The number of carbonyl (C=O) groups excluding carboxylic acids is 1. The van der Waals surface area contributed by atoms with Crippen molar-refractivity contribution >= 4 is 17.3 Å². The van der Waals surface area contributed by atoms with Crippen LogP contribution in [0.2, 0.25) is 0 Å². The van der Waals surface area contributed by atoms with Gasteiger partial charge in [0, 0.05) is 25.9 Å². The predicted molar refractivity (Wildman–Crippen MR) is 74.8 cm³/mol. The summed E-state index contributed by atoms with van der Waals surface area (Å²) in [4.78, 5) is 11.5. The minimum absolute atomic E-state index is 0.150. The van der Waals surface area contributed by atoms with Crippen molar-refractivity contribution in [1.29, 1.82) is 0 Å². The highest BCUT2D eigenvalue weighted by Gasteiger charge is 2.06. The van der Waals surface area contributed by atoms with Crippen molar-refractivity contribution in [3.63, 3.8) is 0 Å². The van der Waals surface area contributed by atoms with E-state index in [1.54, 1.807) is 29.9 Å². The Hall–Kier alpha value is -2.50. The van der Waals surface area contributed by atoms with Crippen LogP contribution in [-0.4, -0.2) is 22.7 Å². The molecule has 0 fully saturated rings. The maximum Gasteiger partial charge on any atom is 0.251 e. The van der Waals surface area contributed by atoms with Crippen LogP contribution >= 0.6 is 0 Å². The quantitative estimate of drug-likeness (QED) is 0.714. The van der Waals surface area contributed by atoms with E-state index < -0.39 is 0 Å². The molecule has 1 heterocycles. The van der Waals surface area contributed by atoms with Crippen LogP contribution < -0.4 is 16.4 Å². The van der Waals surface area contributed by atoms with Gasteiger partial charge < -0.3 is 16.4 Å². The lowest BCUT2D eigenvalue weighted by Crippen LogP contribution is -2.18. The number of benzene rings is 1. The van der Waals surface area contributed by atoms with Gasteiger partial charge in [-0.25, -0.2) is 0 Å². The molecule has 0 saturated heterocycles. The molecular weight excluding hydrogens is 242 g/mol. The largest absolute Gasteiger partial charge is 0.397 e. The molecule has 0 aliphatic rings. The van der Waals surface area contributed by atoms with Crippen LogP contribution in [0.25, 0.3) is 0 Å². The smallest absolute Gasteiger partial charge is 0.251 e. The summed E-state index contributed by atoms with van der Waals surface area (Å²) in [5.74, 6) is -0.150. The molecule has 0 unspecified atom stereocenters. The lowest BCUT2D eigenvalue weighted by Gasteiger charge is -2.09. The molecule has 0 aliphatic heterocycles. The van der Waals surface area contributed by atoms with Gasteiger partial charge >= 0.3 is 0 Å². The molecule has 1 aromatic carbocycles. The molecule has 2 rings (SSSR count). The Morgan fingerprint density at radius 3 is 2.79 bits per heavy atom. The van der Waals surface area contributed by atoms with Gasteiger partial charge in [0.15, 0.2) is 0 Å². The number of nitrogens with two attached hydrogens (primary N) is 1. The number of hydrogen-bond acceptors (Lipinski definition) is 4. The molecule has 2 aromatic rings. The van der Waals surface area contributed by atoms with Crippen molar-refractivity contribution in [3.8, 4) is 0 Å². The fraction of sp³-hybridized carbons (Fsp3) is 0.231. The lowest BCUT2D eigenvalue weighted by atomic mass is 10.1. The summed E-state index contributed by atoms with van der Waals surface area (Å²) in [6.07, 6.45) is 1.88. The van der Waals surface area contributed by atoms with Crippen LogP contribution in [0, 0.1) is 0 Å². The third kappa shape index (κ3) is 3.04. The number of aryl methyl sites for hydroxylation is 1. The molecule has 19 heavy (non-hydrogen) atoms. The van der Waals surface area contributed by atoms with Crippen LogP contribution in [0.1, 0.15) is 16.1 Å². The highest BCUT2D eigenvalue weighted by molar-refractivity contribution is 5.95. The number of amides is 1. The van der Waals surface area contributed by atoms with Gasteiger partial charge in [-0.05, 0) is 24.3 Å². The summed E-state index contributed by atoms with van der Waals surface area (Å²) in [6, 6.07) is 7.11. The summed E-state index contributed by atoms with van der Waals surface area (Å²) < 4.78 is 1.75. The zero-order valence-electron chi connectivity index (χ0n) is 11.0. The molecule has 4 N–H and O–H groups in total. The fourth-order valence-electron chi connectivity index (χ4n) is 1.75. The Labute approximate surface area is 111 Å². The number of anilines is 2. The Bertz CT molecular complexity index is 590. The second kappa shape index (κ2) is 5.43. The van der Waals surface area contributed by atoms with Crippen LogP contribution in [0.3, 0.4) is 0 Å². The molecule has 0 atom stereocenters.